The zero-order valence-electron chi connectivity index (χ0n) is 24.7. The van der Waals surface area contributed by atoms with Crippen LogP contribution in [-0.2, 0) is 7.05 Å². The van der Waals surface area contributed by atoms with Gasteiger partial charge in [-0.1, -0.05) is 0 Å². The Morgan fingerprint density at radius 2 is 1.69 bits per heavy atom. The highest BCUT2D eigenvalue weighted by molar-refractivity contribution is 6.60. The third kappa shape index (κ3) is 6.85. The fraction of sp³-hybridized carbons (Fsp3) is 0.240. The second kappa shape index (κ2) is 11.9. The molecule has 3 N–H and O–H groups in total. The fourth-order valence-electron chi connectivity index (χ4n) is 3.98. The molecule has 0 saturated carbocycles. The predicted octanol–water partition coefficient (Wildman–Crippen LogP) is -0.447. The van der Waals surface area contributed by atoms with Crippen molar-refractivity contribution in [2.45, 2.75) is 12.2 Å². The standard InChI is InChI=1S/C25H30B3FN10O3/c1-12-6-7-19(34-33-12)31-20-11-16(21(36-35-20)23(40)32-25(26,27)28)30-17-9-13(29)8-14(22(17)42-5)15-10-18(39(4)37-15)24(41)38(2)3/h6-11H,26-28H2,1-5H3,(H,32,40)(H2,30,31,34,35). The monoisotopic (exact) mass is 570 g/mol. The molecule has 4 rings (SSSR count). The van der Waals surface area contributed by atoms with E-state index < -0.39 is 17.0 Å². The number of anilines is 4. The zero-order chi connectivity index (χ0) is 30.8. The zero-order valence-corrected chi connectivity index (χ0v) is 24.7. The van der Waals surface area contributed by atoms with Crippen molar-refractivity contribution in [1.29, 1.82) is 0 Å². The number of hydrogen-bond donors (Lipinski definition) is 3. The first-order valence-corrected chi connectivity index (χ1v) is 12.9. The Bertz CT molecular complexity index is 1640. The fourth-order valence-corrected chi connectivity index (χ4v) is 3.98. The lowest BCUT2D eigenvalue weighted by molar-refractivity contribution is 0.0816. The number of halogens is 1. The third-order valence-electron chi connectivity index (χ3n) is 5.86. The summed E-state index contributed by atoms with van der Waals surface area (Å²) in [4.78, 5) is 27.2. The van der Waals surface area contributed by atoms with Crippen molar-refractivity contribution in [2.24, 2.45) is 7.05 Å². The molecule has 0 aliphatic heterocycles. The quantitative estimate of drug-likeness (QED) is 0.226. The second-order valence-electron chi connectivity index (χ2n) is 10.8. The normalized spacial score (nSPS) is 11.1. The largest absolute Gasteiger partial charge is 0.494 e. The highest BCUT2D eigenvalue weighted by Crippen LogP contribution is 2.39. The van der Waals surface area contributed by atoms with E-state index in [9.17, 15) is 9.59 Å². The van der Waals surface area contributed by atoms with Gasteiger partial charge in [0.2, 0.25) is 0 Å². The van der Waals surface area contributed by atoms with Gasteiger partial charge in [0.25, 0.3) is 11.8 Å². The van der Waals surface area contributed by atoms with E-state index in [0.29, 0.717) is 22.8 Å². The van der Waals surface area contributed by atoms with Crippen LogP contribution >= 0.6 is 0 Å². The van der Waals surface area contributed by atoms with E-state index in [1.807, 2.05) is 30.5 Å². The minimum atomic E-state index is -0.601. The molecule has 0 bridgehead atoms. The summed E-state index contributed by atoms with van der Waals surface area (Å²) in [6.07, 6.45) is 0. The van der Waals surface area contributed by atoms with E-state index in [1.54, 1.807) is 45.4 Å². The Hall–Kier alpha value is -4.95. The van der Waals surface area contributed by atoms with Crippen molar-refractivity contribution in [3.8, 4) is 17.0 Å². The number of carbonyl (C=O) groups excluding carboxylic acids is 2. The molecular weight excluding hydrogens is 540 g/mol. The van der Waals surface area contributed by atoms with Crippen LogP contribution in [0.5, 0.6) is 5.75 Å². The number of nitrogens with zero attached hydrogens (tertiary/aromatic N) is 7. The first-order valence-electron chi connectivity index (χ1n) is 12.9. The Kier molecular flexibility index (Phi) is 8.50. The van der Waals surface area contributed by atoms with Gasteiger partial charge in [-0.15, -0.1) is 15.3 Å². The summed E-state index contributed by atoms with van der Waals surface area (Å²) in [5.74, 6) is -0.453. The highest BCUT2D eigenvalue weighted by atomic mass is 19.1. The lowest BCUT2D eigenvalue weighted by atomic mass is 9.49. The van der Waals surface area contributed by atoms with E-state index in [1.165, 1.54) is 28.8 Å². The van der Waals surface area contributed by atoms with Crippen molar-refractivity contribution < 1.29 is 18.7 Å². The molecule has 0 aliphatic rings. The number of aromatic nitrogens is 6. The van der Waals surface area contributed by atoms with E-state index in [2.05, 4.69) is 41.4 Å². The highest BCUT2D eigenvalue weighted by Gasteiger charge is 2.24. The maximum absolute atomic E-state index is 15.1. The molecule has 0 fully saturated rings. The van der Waals surface area contributed by atoms with Gasteiger partial charge in [-0.2, -0.15) is 10.2 Å². The van der Waals surface area contributed by atoms with Crippen LogP contribution in [0.1, 0.15) is 26.7 Å². The summed E-state index contributed by atoms with van der Waals surface area (Å²) in [5, 5.41) is 29.2. The van der Waals surface area contributed by atoms with Gasteiger partial charge >= 0.3 is 0 Å². The van der Waals surface area contributed by atoms with Gasteiger partial charge in [-0.3, -0.25) is 14.3 Å². The van der Waals surface area contributed by atoms with Crippen LogP contribution in [0.3, 0.4) is 0 Å². The first kappa shape index (κ1) is 30.0. The Labute approximate surface area is 244 Å². The average molecular weight is 570 g/mol. The summed E-state index contributed by atoms with van der Waals surface area (Å²) in [7, 11) is 11.8. The Morgan fingerprint density at radius 1 is 0.976 bits per heavy atom. The molecule has 0 saturated heterocycles. The topological polar surface area (TPSA) is 152 Å². The SMILES string of the molecule is BC(B)(B)NC(=O)c1nnc(Nc2ccc(C)nn2)cc1Nc1cc(F)cc(-c2cc(C(=O)N(C)C)n(C)n2)c1OC. The first-order chi connectivity index (χ1) is 19.8. The molecule has 4 aromatic rings. The summed E-state index contributed by atoms with van der Waals surface area (Å²) < 4.78 is 22.2. The van der Waals surface area contributed by atoms with Crippen molar-refractivity contribution in [2.75, 3.05) is 31.8 Å². The van der Waals surface area contributed by atoms with Gasteiger partial charge in [-0.25, -0.2) is 4.39 Å². The van der Waals surface area contributed by atoms with Crippen molar-refractivity contribution in [3.63, 3.8) is 0 Å². The number of rotatable bonds is 9. The predicted molar refractivity (Wildman–Crippen MR) is 164 cm³/mol. The smallest absolute Gasteiger partial charge is 0.272 e. The van der Waals surface area contributed by atoms with Crippen molar-refractivity contribution in [3.05, 3.63) is 59.3 Å². The van der Waals surface area contributed by atoms with Gasteiger partial charge in [-0.05, 0) is 36.4 Å². The minimum absolute atomic E-state index is 0.0324. The molecule has 3 aromatic heterocycles. The number of ether oxygens (including phenoxy) is 1. The van der Waals surface area contributed by atoms with Crippen LogP contribution < -0.4 is 20.7 Å². The molecule has 17 heteroatoms. The molecule has 13 nitrogen and oxygen atoms in total. The number of benzene rings is 1. The molecule has 0 atom stereocenters. The number of nitrogens with one attached hydrogen (secondary N) is 3. The van der Waals surface area contributed by atoms with Crippen LogP contribution in [-0.4, -0.2) is 96.9 Å². The van der Waals surface area contributed by atoms with Gasteiger partial charge in [0, 0.05) is 38.8 Å². The van der Waals surface area contributed by atoms with Crippen LogP contribution in [0.25, 0.3) is 11.3 Å². The molecule has 214 valence electrons. The van der Waals surface area contributed by atoms with Gasteiger partial charge in [0.15, 0.2) is 23.1 Å². The maximum atomic E-state index is 15.1. The molecule has 0 unspecified atom stereocenters. The summed E-state index contributed by atoms with van der Waals surface area (Å²) in [6, 6.07) is 9.09. The molecule has 0 spiro atoms. The molecule has 1 aromatic carbocycles. The lowest BCUT2D eigenvalue weighted by Crippen LogP contribution is -2.50. The molecule has 3 heterocycles. The molecule has 0 aliphatic carbocycles. The maximum Gasteiger partial charge on any atom is 0.272 e. The van der Waals surface area contributed by atoms with Crippen molar-refractivity contribution >= 4 is 58.4 Å². The summed E-state index contributed by atoms with van der Waals surface area (Å²) >= 11 is 0. The second-order valence-corrected chi connectivity index (χ2v) is 10.8. The van der Waals surface area contributed by atoms with E-state index >= 15 is 4.39 Å². The average Bonchev–Trinajstić information content (AvgIpc) is 3.29. The Morgan fingerprint density at radius 3 is 2.31 bits per heavy atom. The van der Waals surface area contributed by atoms with Crippen LogP contribution in [0, 0.1) is 12.7 Å². The number of amides is 2. The van der Waals surface area contributed by atoms with Crippen molar-refractivity contribution in [1.82, 2.24) is 40.4 Å². The molecule has 2 amide bonds. The lowest BCUT2D eigenvalue weighted by Gasteiger charge is -2.22. The van der Waals surface area contributed by atoms with Gasteiger partial charge in [0.1, 0.15) is 35.0 Å². The molecular formula is C25H30B3FN10O3. The minimum Gasteiger partial charge on any atom is -0.494 e. The number of carbonyl (C=O) groups is 2. The van der Waals surface area contributed by atoms with Crippen LogP contribution in [0.15, 0.2) is 36.4 Å². The van der Waals surface area contributed by atoms with Crippen LogP contribution in [0.2, 0.25) is 0 Å². The summed E-state index contributed by atoms with van der Waals surface area (Å²) in [6.45, 7) is 1.81. The molecule has 42 heavy (non-hydrogen) atoms. The summed E-state index contributed by atoms with van der Waals surface area (Å²) in [5.41, 5.74) is 2.04. The van der Waals surface area contributed by atoms with Gasteiger partial charge < -0.3 is 25.6 Å². The number of methoxy groups -OCH3 is 1. The van der Waals surface area contributed by atoms with Crippen LogP contribution in [0.4, 0.5) is 27.4 Å². The van der Waals surface area contributed by atoms with E-state index in [4.69, 9.17) is 4.74 Å². The van der Waals surface area contributed by atoms with E-state index in [0.717, 1.165) is 5.69 Å². The number of hydrogen-bond acceptors (Lipinski definition) is 10. The number of aryl methyl sites for hydroxylation is 2. The molecule has 0 radical (unpaired) electrons. The third-order valence-corrected chi connectivity index (χ3v) is 5.86. The van der Waals surface area contributed by atoms with Gasteiger partial charge in [0.05, 0.1) is 29.9 Å². The van der Waals surface area contributed by atoms with E-state index in [-0.39, 0.29) is 34.5 Å². The Balaban J connectivity index is 1.80.